The predicted molar refractivity (Wildman–Crippen MR) is 94.3 cm³/mol. The van der Waals surface area contributed by atoms with Crippen LogP contribution >= 0.6 is 0 Å². The summed E-state index contributed by atoms with van der Waals surface area (Å²) in [7, 11) is 1.81. The minimum atomic E-state index is -0.165. The third-order valence-electron chi connectivity index (χ3n) is 4.53. The molecule has 0 fully saturated rings. The molecule has 0 unspecified atom stereocenters. The number of nitrogens with one attached hydrogen (secondary N) is 1. The molecular weight excluding hydrogens is 304 g/mol. The van der Waals surface area contributed by atoms with Crippen LogP contribution in [0.5, 0.6) is 0 Å². The topological polar surface area (TPSA) is 67.2 Å². The third-order valence-corrected chi connectivity index (χ3v) is 4.53. The van der Waals surface area contributed by atoms with E-state index in [2.05, 4.69) is 24.1 Å². The first-order valence-corrected chi connectivity index (χ1v) is 9.23. The van der Waals surface area contributed by atoms with Gasteiger partial charge in [-0.05, 0) is 32.1 Å². The minimum Gasteiger partial charge on any atom is -0.349 e. The fourth-order valence-electron chi connectivity index (χ4n) is 3.02. The van der Waals surface area contributed by atoms with Crippen LogP contribution in [0.25, 0.3) is 0 Å². The Labute approximate surface area is 144 Å². The Morgan fingerprint density at radius 2 is 1.96 bits per heavy atom. The molecule has 0 radical (unpaired) electrons. The number of imidazole rings is 1. The zero-order valence-corrected chi connectivity index (χ0v) is 15.2. The van der Waals surface area contributed by atoms with Crippen LogP contribution in [0, 0.1) is 0 Å². The molecule has 0 aromatic carbocycles. The fraction of sp³-hybridized carbons (Fsp3) is 0.722. The maximum atomic E-state index is 12.7. The van der Waals surface area contributed by atoms with E-state index in [9.17, 15) is 9.59 Å². The summed E-state index contributed by atoms with van der Waals surface area (Å²) in [5.41, 5.74) is 1.39. The standard InChI is InChI=1S/C18H30N4O2/c1-4-6-11-19-17(23)16-20-15(14-10-8-9-13-22(14)16)18(24)21(3)12-7-5-2/h4-13H2,1-3H3,(H,19,23). The van der Waals surface area contributed by atoms with Crippen LogP contribution in [0.1, 0.15) is 79.2 Å². The largest absolute Gasteiger partial charge is 0.349 e. The second-order valence-corrected chi connectivity index (χ2v) is 6.53. The van der Waals surface area contributed by atoms with E-state index in [0.29, 0.717) is 18.1 Å². The van der Waals surface area contributed by atoms with Crippen molar-refractivity contribution in [2.75, 3.05) is 20.1 Å². The number of carbonyl (C=O) groups is 2. The van der Waals surface area contributed by atoms with Gasteiger partial charge in [0.15, 0.2) is 5.82 Å². The molecule has 24 heavy (non-hydrogen) atoms. The smallest absolute Gasteiger partial charge is 0.287 e. The van der Waals surface area contributed by atoms with Crippen LogP contribution in [0.3, 0.4) is 0 Å². The molecule has 1 aliphatic heterocycles. The van der Waals surface area contributed by atoms with Crippen molar-refractivity contribution in [3.8, 4) is 0 Å². The van der Waals surface area contributed by atoms with E-state index >= 15 is 0 Å². The highest BCUT2D eigenvalue weighted by atomic mass is 16.2. The highest BCUT2D eigenvalue weighted by Crippen LogP contribution is 2.22. The molecule has 0 spiro atoms. The predicted octanol–water partition coefficient (Wildman–Crippen LogP) is 2.62. The van der Waals surface area contributed by atoms with Crippen molar-refractivity contribution < 1.29 is 9.59 Å². The first-order chi connectivity index (χ1) is 11.6. The summed E-state index contributed by atoms with van der Waals surface area (Å²) >= 11 is 0. The highest BCUT2D eigenvalue weighted by Gasteiger charge is 2.28. The molecule has 0 atom stereocenters. The van der Waals surface area contributed by atoms with Gasteiger partial charge in [0.25, 0.3) is 11.8 Å². The Balaban J connectivity index is 2.22. The molecule has 2 amide bonds. The minimum absolute atomic E-state index is 0.0679. The number of carbonyl (C=O) groups excluding carboxylic acids is 2. The van der Waals surface area contributed by atoms with E-state index in [1.54, 1.807) is 4.90 Å². The van der Waals surface area contributed by atoms with Crippen LogP contribution in [0.4, 0.5) is 0 Å². The zero-order chi connectivity index (χ0) is 17.5. The average molecular weight is 334 g/mol. The van der Waals surface area contributed by atoms with Crippen molar-refractivity contribution in [3.05, 3.63) is 17.2 Å². The van der Waals surface area contributed by atoms with Crippen molar-refractivity contribution in [1.29, 1.82) is 0 Å². The van der Waals surface area contributed by atoms with Gasteiger partial charge in [-0.3, -0.25) is 9.59 Å². The summed E-state index contributed by atoms with van der Waals surface area (Å²) in [6.45, 7) is 6.34. The van der Waals surface area contributed by atoms with Gasteiger partial charge in [0.05, 0.1) is 5.69 Å². The van der Waals surface area contributed by atoms with Gasteiger partial charge in [-0.25, -0.2) is 4.98 Å². The van der Waals surface area contributed by atoms with Crippen LogP contribution in [0.15, 0.2) is 0 Å². The van der Waals surface area contributed by atoms with Crippen molar-refractivity contribution >= 4 is 11.8 Å². The second-order valence-electron chi connectivity index (χ2n) is 6.53. The van der Waals surface area contributed by atoms with Crippen LogP contribution < -0.4 is 5.32 Å². The molecule has 1 aromatic heterocycles. The van der Waals surface area contributed by atoms with E-state index in [-0.39, 0.29) is 11.8 Å². The molecule has 0 bridgehead atoms. The first kappa shape index (κ1) is 18.5. The van der Waals surface area contributed by atoms with Crippen molar-refractivity contribution in [3.63, 3.8) is 0 Å². The monoisotopic (exact) mass is 334 g/mol. The summed E-state index contributed by atoms with van der Waals surface area (Å²) in [6.07, 6.45) is 6.89. The van der Waals surface area contributed by atoms with Gasteiger partial charge >= 0.3 is 0 Å². The lowest BCUT2D eigenvalue weighted by Gasteiger charge is -2.19. The molecule has 1 N–H and O–H groups in total. The van der Waals surface area contributed by atoms with E-state index in [0.717, 1.165) is 63.7 Å². The lowest BCUT2D eigenvalue weighted by atomic mass is 10.1. The molecule has 0 aliphatic carbocycles. The van der Waals surface area contributed by atoms with Crippen molar-refractivity contribution in [2.24, 2.45) is 0 Å². The number of aromatic nitrogens is 2. The van der Waals surface area contributed by atoms with Gasteiger partial charge in [-0.2, -0.15) is 0 Å². The summed E-state index contributed by atoms with van der Waals surface area (Å²) in [6, 6.07) is 0. The van der Waals surface area contributed by atoms with E-state index in [4.69, 9.17) is 0 Å². The summed E-state index contributed by atoms with van der Waals surface area (Å²) < 4.78 is 1.95. The number of hydrogen-bond acceptors (Lipinski definition) is 3. The molecule has 2 heterocycles. The first-order valence-electron chi connectivity index (χ1n) is 9.23. The molecule has 134 valence electrons. The Kier molecular flexibility index (Phi) is 6.82. The average Bonchev–Trinajstić information content (AvgIpc) is 2.99. The number of rotatable bonds is 8. The summed E-state index contributed by atoms with van der Waals surface area (Å²) in [5, 5.41) is 2.92. The lowest BCUT2D eigenvalue weighted by Crippen LogP contribution is -2.29. The summed E-state index contributed by atoms with van der Waals surface area (Å²) in [4.78, 5) is 31.4. The number of fused-ring (bicyclic) bond motifs is 1. The molecule has 6 heteroatoms. The Bertz CT molecular complexity index is 580. The Morgan fingerprint density at radius 3 is 2.67 bits per heavy atom. The molecular formula is C18H30N4O2. The molecule has 1 aromatic rings. The quantitative estimate of drug-likeness (QED) is 0.743. The molecule has 0 saturated carbocycles. The van der Waals surface area contributed by atoms with Crippen LogP contribution in [-0.4, -0.2) is 46.4 Å². The van der Waals surface area contributed by atoms with Crippen molar-refractivity contribution in [1.82, 2.24) is 19.8 Å². The van der Waals surface area contributed by atoms with E-state index in [1.165, 1.54) is 0 Å². The van der Waals surface area contributed by atoms with E-state index in [1.807, 2.05) is 11.6 Å². The van der Waals surface area contributed by atoms with Gasteiger partial charge in [0.2, 0.25) is 0 Å². The maximum absolute atomic E-state index is 12.7. The third kappa shape index (κ3) is 4.16. The molecule has 0 saturated heterocycles. The maximum Gasteiger partial charge on any atom is 0.287 e. The van der Waals surface area contributed by atoms with Crippen LogP contribution in [0.2, 0.25) is 0 Å². The van der Waals surface area contributed by atoms with Gasteiger partial charge < -0.3 is 14.8 Å². The number of nitrogens with zero attached hydrogens (tertiary/aromatic N) is 3. The van der Waals surface area contributed by atoms with Gasteiger partial charge in [0, 0.05) is 26.7 Å². The lowest BCUT2D eigenvalue weighted by molar-refractivity contribution is 0.0786. The van der Waals surface area contributed by atoms with Gasteiger partial charge in [-0.15, -0.1) is 0 Å². The molecule has 6 nitrogen and oxygen atoms in total. The highest BCUT2D eigenvalue weighted by molar-refractivity contribution is 5.97. The Hall–Kier alpha value is -1.85. The fourth-order valence-corrected chi connectivity index (χ4v) is 3.02. The van der Waals surface area contributed by atoms with Crippen LogP contribution in [-0.2, 0) is 13.0 Å². The number of unbranched alkanes of at least 4 members (excludes halogenated alkanes) is 2. The summed E-state index contributed by atoms with van der Waals surface area (Å²) in [5.74, 6) is 0.164. The SMILES string of the molecule is CCCCNC(=O)c1nc(C(=O)N(C)CCCC)c2n1CCCC2. The van der Waals surface area contributed by atoms with Crippen molar-refractivity contribution in [2.45, 2.75) is 65.3 Å². The zero-order valence-electron chi connectivity index (χ0n) is 15.2. The number of amides is 2. The Morgan fingerprint density at radius 1 is 1.21 bits per heavy atom. The second kappa shape index (κ2) is 8.85. The van der Waals surface area contributed by atoms with Gasteiger partial charge in [0.1, 0.15) is 5.69 Å². The molecule has 2 rings (SSSR count). The molecule has 1 aliphatic rings. The number of hydrogen-bond donors (Lipinski definition) is 1. The van der Waals surface area contributed by atoms with E-state index < -0.39 is 0 Å². The van der Waals surface area contributed by atoms with Gasteiger partial charge in [-0.1, -0.05) is 26.7 Å². The normalized spacial score (nSPS) is 13.5.